The Bertz CT molecular complexity index is 189. The first-order chi connectivity index (χ1) is 5.31. The Kier molecular flexibility index (Phi) is 6.33. The van der Waals surface area contributed by atoms with E-state index in [1.807, 2.05) is 30.3 Å². The average molecular weight is 169 g/mol. The van der Waals surface area contributed by atoms with Crippen LogP contribution in [-0.4, -0.2) is 12.7 Å². The molecule has 2 N–H and O–H groups in total. The minimum atomic E-state index is 0.822. The second-order valence-corrected chi connectivity index (χ2v) is 1.94. The first kappa shape index (κ1) is 9.91. The van der Waals surface area contributed by atoms with Crippen LogP contribution in [0.2, 0.25) is 0 Å². The molecule has 11 heavy (non-hydrogen) atoms. The highest BCUT2D eigenvalue weighted by Crippen LogP contribution is 1.95. The van der Waals surface area contributed by atoms with Gasteiger partial charge in [0.05, 0.1) is 7.11 Å². The van der Waals surface area contributed by atoms with Gasteiger partial charge in [-0.2, -0.15) is 0 Å². The fourth-order valence-electron chi connectivity index (χ4n) is 0.453. The Hall–Kier alpha value is -1.09. The van der Waals surface area contributed by atoms with E-state index >= 15 is 0 Å². The van der Waals surface area contributed by atoms with Crippen molar-refractivity contribution in [1.29, 1.82) is 0 Å². The first-order valence-electron chi connectivity index (χ1n) is 3.08. The lowest BCUT2D eigenvalue weighted by Crippen LogP contribution is -1.79. The number of thiocarbonyl (C=S) groups is 1. The normalized spacial score (nSPS) is 7.36. The molecule has 0 unspecified atom stereocenters. The van der Waals surface area contributed by atoms with Crippen molar-refractivity contribution in [3.05, 3.63) is 30.3 Å². The number of benzene rings is 1. The molecule has 0 spiro atoms. The number of methoxy groups -OCH3 is 1. The van der Waals surface area contributed by atoms with E-state index in [2.05, 4.69) is 17.0 Å². The maximum absolute atomic E-state index is 5.36. The summed E-state index contributed by atoms with van der Waals surface area (Å²) in [4.78, 5) is 0. The number of ether oxygens (including phenoxy) is 1. The summed E-state index contributed by atoms with van der Waals surface area (Å²) in [6, 6.07) is 9.49. The van der Waals surface area contributed by atoms with E-state index in [1.165, 1.54) is 12.7 Å². The number of nitrogens with two attached hydrogens (primary N) is 1. The lowest BCUT2D eigenvalue weighted by molar-refractivity contribution is 0.432. The third-order valence-corrected chi connectivity index (χ3v) is 1.09. The quantitative estimate of drug-likeness (QED) is 0.515. The molecule has 1 rings (SSSR count). The Balaban J connectivity index is 0.000000218. The molecule has 0 aromatic heterocycles. The summed E-state index contributed by atoms with van der Waals surface area (Å²) >= 11 is 4.21. The van der Waals surface area contributed by atoms with Crippen LogP contribution < -0.4 is 5.73 Å². The van der Waals surface area contributed by atoms with Gasteiger partial charge in [-0.3, -0.25) is 0 Å². The topological polar surface area (TPSA) is 35.2 Å². The molecule has 0 saturated heterocycles. The Morgan fingerprint density at radius 3 is 2.00 bits per heavy atom. The summed E-state index contributed by atoms with van der Waals surface area (Å²) in [6.45, 7) is 0. The third-order valence-electron chi connectivity index (χ3n) is 0.896. The van der Waals surface area contributed by atoms with Gasteiger partial charge >= 0.3 is 0 Å². The van der Waals surface area contributed by atoms with Gasteiger partial charge in [-0.15, -0.1) is 0 Å². The molecule has 1 aromatic carbocycles. The lowest BCUT2D eigenvalue weighted by Gasteiger charge is -1.83. The van der Waals surface area contributed by atoms with E-state index in [0.29, 0.717) is 0 Å². The molecule has 0 aliphatic rings. The van der Waals surface area contributed by atoms with Crippen LogP contribution in [0.5, 0.6) is 0 Å². The van der Waals surface area contributed by atoms with Crippen LogP contribution in [0.4, 0.5) is 5.69 Å². The van der Waals surface area contributed by atoms with Gasteiger partial charge in [0, 0.05) is 5.69 Å². The van der Waals surface area contributed by atoms with E-state index in [9.17, 15) is 0 Å². The van der Waals surface area contributed by atoms with Crippen LogP contribution in [0, 0.1) is 0 Å². The number of hydrogen-bond acceptors (Lipinski definition) is 3. The summed E-state index contributed by atoms with van der Waals surface area (Å²) in [5.74, 6) is 0. The van der Waals surface area contributed by atoms with Crippen molar-refractivity contribution in [2.24, 2.45) is 0 Å². The van der Waals surface area contributed by atoms with Gasteiger partial charge in [0.15, 0.2) is 0 Å². The maximum atomic E-state index is 5.36. The third kappa shape index (κ3) is 6.80. The molecule has 60 valence electrons. The van der Waals surface area contributed by atoms with Gasteiger partial charge in [-0.25, -0.2) is 0 Å². The zero-order chi connectivity index (χ0) is 8.53. The maximum Gasteiger partial charge on any atom is 0.145 e. The zero-order valence-corrected chi connectivity index (χ0v) is 7.17. The molecule has 2 nitrogen and oxygen atoms in total. The smallest absolute Gasteiger partial charge is 0.145 e. The summed E-state index contributed by atoms with van der Waals surface area (Å²) in [5.41, 5.74) is 7.39. The summed E-state index contributed by atoms with van der Waals surface area (Å²) in [6.07, 6.45) is 0. The van der Waals surface area contributed by atoms with Crippen molar-refractivity contribution in [2.75, 3.05) is 12.8 Å². The molecule has 0 heterocycles. The van der Waals surface area contributed by atoms with Crippen LogP contribution in [0.3, 0.4) is 0 Å². The van der Waals surface area contributed by atoms with Crippen LogP contribution >= 0.6 is 12.2 Å². The number of nitrogen functional groups attached to an aromatic ring is 1. The molecule has 0 bridgehead atoms. The van der Waals surface area contributed by atoms with Crippen LogP contribution in [0.1, 0.15) is 0 Å². The van der Waals surface area contributed by atoms with Crippen molar-refractivity contribution >= 4 is 23.5 Å². The van der Waals surface area contributed by atoms with E-state index in [4.69, 9.17) is 5.73 Å². The Morgan fingerprint density at radius 1 is 1.36 bits per heavy atom. The van der Waals surface area contributed by atoms with Crippen molar-refractivity contribution in [1.82, 2.24) is 0 Å². The summed E-state index contributed by atoms with van der Waals surface area (Å²) in [7, 11) is 1.52. The molecule has 0 fully saturated rings. The second kappa shape index (κ2) is 7.02. The highest BCUT2D eigenvalue weighted by Gasteiger charge is 1.72. The fraction of sp³-hybridized carbons (Fsp3) is 0.125. The monoisotopic (exact) mass is 169 g/mol. The minimum absolute atomic E-state index is 0.822. The number of hydrogen-bond donors (Lipinski definition) is 1. The molecule has 0 saturated carbocycles. The molecule has 1 aromatic rings. The molecule has 0 radical (unpaired) electrons. The van der Waals surface area contributed by atoms with Crippen LogP contribution in [-0.2, 0) is 4.74 Å². The van der Waals surface area contributed by atoms with Crippen molar-refractivity contribution < 1.29 is 4.74 Å². The van der Waals surface area contributed by atoms with Gasteiger partial charge in [-0.05, 0) is 24.4 Å². The van der Waals surface area contributed by atoms with E-state index < -0.39 is 0 Å². The predicted molar refractivity (Wildman–Crippen MR) is 51.5 cm³/mol. The first-order valence-corrected chi connectivity index (χ1v) is 3.55. The molecule has 3 heteroatoms. The second-order valence-electron chi connectivity index (χ2n) is 1.74. The van der Waals surface area contributed by atoms with Gasteiger partial charge in [0.2, 0.25) is 0 Å². The predicted octanol–water partition coefficient (Wildman–Crippen LogP) is 1.86. The van der Waals surface area contributed by atoms with Crippen molar-refractivity contribution in [3.63, 3.8) is 0 Å². The Morgan fingerprint density at radius 2 is 1.82 bits per heavy atom. The van der Waals surface area contributed by atoms with Crippen molar-refractivity contribution in [2.45, 2.75) is 0 Å². The van der Waals surface area contributed by atoms with Crippen LogP contribution in [0.15, 0.2) is 30.3 Å². The van der Waals surface area contributed by atoms with Gasteiger partial charge in [0.1, 0.15) is 5.55 Å². The van der Waals surface area contributed by atoms with Gasteiger partial charge < -0.3 is 10.5 Å². The lowest BCUT2D eigenvalue weighted by atomic mass is 10.3. The SMILES string of the molecule is COC=S.Nc1ccccc1. The molecule has 0 aliphatic carbocycles. The molecular weight excluding hydrogens is 158 g/mol. The van der Waals surface area contributed by atoms with Crippen molar-refractivity contribution in [3.8, 4) is 0 Å². The van der Waals surface area contributed by atoms with E-state index in [1.54, 1.807) is 0 Å². The minimum Gasteiger partial charge on any atom is -0.493 e. The van der Waals surface area contributed by atoms with Crippen LogP contribution in [0.25, 0.3) is 0 Å². The molecule has 0 atom stereocenters. The largest absolute Gasteiger partial charge is 0.493 e. The van der Waals surface area contributed by atoms with E-state index in [-0.39, 0.29) is 0 Å². The molecule has 0 aliphatic heterocycles. The van der Waals surface area contributed by atoms with Gasteiger partial charge in [0.25, 0.3) is 0 Å². The number of rotatable bonds is 1. The highest BCUT2D eigenvalue weighted by molar-refractivity contribution is 7.78. The van der Waals surface area contributed by atoms with Gasteiger partial charge in [-0.1, -0.05) is 18.2 Å². The summed E-state index contributed by atoms with van der Waals surface area (Å²) < 4.78 is 4.23. The average Bonchev–Trinajstić information content (AvgIpc) is 2.07. The Labute approximate surface area is 72.0 Å². The number of para-hydroxylation sites is 1. The standard InChI is InChI=1S/C6H7N.C2H4OS/c7-6-4-2-1-3-5-6;1-3-2-4/h1-5H,7H2;2H,1H3. The molecule has 0 amide bonds. The summed E-state index contributed by atoms with van der Waals surface area (Å²) in [5, 5.41) is 0. The zero-order valence-electron chi connectivity index (χ0n) is 6.36. The van der Waals surface area contributed by atoms with E-state index in [0.717, 1.165) is 5.69 Å². The fourth-order valence-corrected chi connectivity index (χ4v) is 0.453. The highest BCUT2D eigenvalue weighted by atomic mass is 32.1. The molecular formula is C8H11NOS. The number of anilines is 1.